The Morgan fingerprint density at radius 1 is 0.964 bits per heavy atom. The van der Waals surface area contributed by atoms with Gasteiger partial charge in [0.1, 0.15) is 0 Å². The van der Waals surface area contributed by atoms with Gasteiger partial charge in [-0.15, -0.1) is 11.8 Å². The lowest BCUT2D eigenvalue weighted by Crippen LogP contribution is -2.43. The van der Waals surface area contributed by atoms with Crippen LogP contribution in [-0.2, 0) is 17.9 Å². The highest BCUT2D eigenvalue weighted by atomic mass is 32.2. The quantitative estimate of drug-likeness (QED) is 0.691. The van der Waals surface area contributed by atoms with E-state index in [9.17, 15) is 4.79 Å². The topological polar surface area (TPSA) is 35.6 Å². The molecule has 1 saturated heterocycles. The third-order valence-corrected chi connectivity index (χ3v) is 6.15. The van der Waals surface area contributed by atoms with Gasteiger partial charge in [0.15, 0.2) is 0 Å². The number of rotatable bonds is 8. The van der Waals surface area contributed by atoms with E-state index in [1.54, 1.807) is 11.8 Å². The van der Waals surface area contributed by atoms with E-state index in [2.05, 4.69) is 77.6 Å². The summed E-state index contributed by atoms with van der Waals surface area (Å²) in [6.45, 7) is 8.25. The zero-order valence-electron chi connectivity index (χ0n) is 17.0. The van der Waals surface area contributed by atoms with E-state index in [1.165, 1.54) is 16.0 Å². The Balaban J connectivity index is 1.34. The Labute approximate surface area is 173 Å². The second-order valence-corrected chi connectivity index (χ2v) is 8.75. The third-order valence-electron chi connectivity index (χ3n) is 5.13. The van der Waals surface area contributed by atoms with Crippen molar-refractivity contribution in [2.24, 2.45) is 0 Å². The number of amides is 1. The number of hydrogen-bond acceptors (Lipinski definition) is 4. The summed E-state index contributed by atoms with van der Waals surface area (Å²) in [5.41, 5.74) is 3.76. The number of hydrogen-bond donors (Lipinski definition) is 1. The van der Waals surface area contributed by atoms with Crippen LogP contribution >= 0.6 is 11.8 Å². The molecule has 0 bridgehead atoms. The average Bonchev–Trinajstić information content (AvgIpc) is 2.71. The van der Waals surface area contributed by atoms with Gasteiger partial charge in [0.25, 0.3) is 0 Å². The van der Waals surface area contributed by atoms with Crippen LogP contribution in [0.2, 0.25) is 0 Å². The maximum atomic E-state index is 12.1. The van der Waals surface area contributed by atoms with Crippen molar-refractivity contribution >= 4 is 17.7 Å². The van der Waals surface area contributed by atoms with Gasteiger partial charge in [0, 0.05) is 56.3 Å². The van der Waals surface area contributed by atoms with Gasteiger partial charge < -0.3 is 10.2 Å². The summed E-state index contributed by atoms with van der Waals surface area (Å²) in [5.74, 6) is 0.917. The molecule has 150 valence electrons. The molecule has 1 aliphatic heterocycles. The van der Waals surface area contributed by atoms with Crippen molar-refractivity contribution in [3.05, 3.63) is 65.2 Å². The minimum Gasteiger partial charge on any atom is -0.352 e. The number of thioether (sulfide) groups is 1. The van der Waals surface area contributed by atoms with Gasteiger partial charge in [0.05, 0.1) is 0 Å². The molecule has 1 heterocycles. The van der Waals surface area contributed by atoms with E-state index in [0.717, 1.165) is 44.0 Å². The minimum absolute atomic E-state index is 0.112. The lowest BCUT2D eigenvalue weighted by atomic mass is 10.1. The zero-order chi connectivity index (χ0) is 19.8. The first-order valence-corrected chi connectivity index (χ1v) is 11.0. The zero-order valence-corrected chi connectivity index (χ0v) is 17.8. The summed E-state index contributed by atoms with van der Waals surface area (Å²) in [6, 6.07) is 17.1. The maximum absolute atomic E-state index is 12.1. The van der Waals surface area contributed by atoms with Crippen molar-refractivity contribution in [1.29, 1.82) is 0 Å². The first-order chi connectivity index (χ1) is 13.6. The number of carbonyl (C=O) groups is 1. The molecule has 28 heavy (non-hydrogen) atoms. The van der Waals surface area contributed by atoms with Crippen LogP contribution < -0.4 is 5.32 Å². The third kappa shape index (κ3) is 6.97. The van der Waals surface area contributed by atoms with Crippen LogP contribution in [0, 0.1) is 6.92 Å². The molecule has 5 heteroatoms. The highest BCUT2D eigenvalue weighted by molar-refractivity contribution is 7.99. The number of aryl methyl sites for hydroxylation is 1. The van der Waals surface area contributed by atoms with E-state index >= 15 is 0 Å². The number of nitrogens with one attached hydrogen (secondary N) is 1. The van der Waals surface area contributed by atoms with Gasteiger partial charge in [-0.2, -0.15) is 0 Å². The number of piperazine rings is 1. The molecular weight excluding hydrogens is 366 g/mol. The Morgan fingerprint density at radius 3 is 2.29 bits per heavy atom. The van der Waals surface area contributed by atoms with Crippen LogP contribution in [0.15, 0.2) is 53.4 Å². The molecule has 0 radical (unpaired) electrons. The standard InChI is InChI=1S/C23H31N3OS/c1-19-3-9-22(10-4-19)28-16-11-23(27)24-17-20-5-7-21(8-6-20)18-26-14-12-25(2)13-15-26/h3-10H,11-18H2,1-2H3,(H,24,27). The fraction of sp³-hybridized carbons (Fsp3) is 0.435. The largest absolute Gasteiger partial charge is 0.352 e. The molecule has 0 atom stereocenters. The monoisotopic (exact) mass is 397 g/mol. The summed E-state index contributed by atoms with van der Waals surface area (Å²) in [5, 5.41) is 3.03. The molecule has 3 rings (SSSR count). The molecule has 2 aromatic carbocycles. The summed E-state index contributed by atoms with van der Waals surface area (Å²) in [4.78, 5) is 18.2. The Morgan fingerprint density at radius 2 is 1.61 bits per heavy atom. The van der Waals surface area contributed by atoms with Gasteiger partial charge in [-0.1, -0.05) is 42.0 Å². The summed E-state index contributed by atoms with van der Waals surface area (Å²) in [6.07, 6.45) is 0.542. The van der Waals surface area contributed by atoms with Gasteiger partial charge >= 0.3 is 0 Å². The van der Waals surface area contributed by atoms with E-state index < -0.39 is 0 Å². The van der Waals surface area contributed by atoms with E-state index in [-0.39, 0.29) is 5.91 Å². The van der Waals surface area contributed by atoms with Crippen molar-refractivity contribution in [2.75, 3.05) is 39.0 Å². The molecule has 1 amide bonds. The first-order valence-electron chi connectivity index (χ1n) is 10.0. The summed E-state index contributed by atoms with van der Waals surface area (Å²) < 4.78 is 0. The normalized spacial score (nSPS) is 15.5. The molecule has 0 aliphatic carbocycles. The van der Waals surface area contributed by atoms with Crippen molar-refractivity contribution in [2.45, 2.75) is 31.3 Å². The Hall–Kier alpha value is -1.82. The van der Waals surface area contributed by atoms with Crippen molar-refractivity contribution in [3.8, 4) is 0 Å². The molecule has 1 fully saturated rings. The van der Waals surface area contributed by atoms with Gasteiger partial charge in [-0.25, -0.2) is 0 Å². The number of carbonyl (C=O) groups excluding carboxylic acids is 1. The maximum Gasteiger partial charge on any atom is 0.221 e. The summed E-state index contributed by atoms with van der Waals surface area (Å²) in [7, 11) is 2.18. The predicted molar refractivity (Wildman–Crippen MR) is 118 cm³/mol. The fourth-order valence-electron chi connectivity index (χ4n) is 3.21. The highest BCUT2D eigenvalue weighted by Crippen LogP contribution is 2.19. The van der Waals surface area contributed by atoms with Crippen LogP contribution in [0.1, 0.15) is 23.1 Å². The molecule has 2 aromatic rings. The number of nitrogens with zero attached hydrogens (tertiary/aromatic N) is 2. The molecule has 0 unspecified atom stereocenters. The lowest BCUT2D eigenvalue weighted by Gasteiger charge is -2.32. The molecule has 1 aliphatic rings. The Kier molecular flexibility index (Phi) is 7.95. The van der Waals surface area contributed by atoms with Crippen LogP contribution in [0.5, 0.6) is 0 Å². The minimum atomic E-state index is 0.112. The molecule has 0 spiro atoms. The molecule has 1 N–H and O–H groups in total. The van der Waals surface area contributed by atoms with Crippen molar-refractivity contribution in [1.82, 2.24) is 15.1 Å². The van der Waals surface area contributed by atoms with Gasteiger partial charge in [0.2, 0.25) is 5.91 Å². The Bertz CT molecular complexity index is 737. The number of likely N-dealkylation sites (N-methyl/N-ethyl adjacent to an activating group) is 1. The fourth-order valence-corrected chi connectivity index (χ4v) is 4.06. The molecule has 4 nitrogen and oxygen atoms in total. The summed E-state index contributed by atoms with van der Waals surface area (Å²) >= 11 is 1.73. The van der Waals surface area contributed by atoms with Crippen LogP contribution in [-0.4, -0.2) is 54.7 Å². The molecular formula is C23H31N3OS. The predicted octanol–water partition coefficient (Wildman–Crippen LogP) is 3.54. The molecule has 0 saturated carbocycles. The van der Waals surface area contributed by atoms with Crippen molar-refractivity contribution in [3.63, 3.8) is 0 Å². The second kappa shape index (κ2) is 10.6. The first kappa shape index (κ1) is 20.9. The van der Waals surface area contributed by atoms with E-state index in [0.29, 0.717) is 13.0 Å². The van der Waals surface area contributed by atoms with E-state index in [1.807, 2.05) is 0 Å². The lowest BCUT2D eigenvalue weighted by molar-refractivity contribution is -0.120. The van der Waals surface area contributed by atoms with Crippen LogP contribution in [0.3, 0.4) is 0 Å². The smallest absolute Gasteiger partial charge is 0.221 e. The van der Waals surface area contributed by atoms with Crippen molar-refractivity contribution < 1.29 is 4.79 Å². The second-order valence-electron chi connectivity index (χ2n) is 7.58. The van der Waals surface area contributed by atoms with Gasteiger partial charge in [-0.3, -0.25) is 9.69 Å². The van der Waals surface area contributed by atoms with Crippen LogP contribution in [0.4, 0.5) is 0 Å². The van der Waals surface area contributed by atoms with E-state index in [4.69, 9.17) is 0 Å². The number of benzene rings is 2. The van der Waals surface area contributed by atoms with Gasteiger partial charge in [-0.05, 0) is 37.2 Å². The van der Waals surface area contributed by atoms with Crippen LogP contribution in [0.25, 0.3) is 0 Å². The average molecular weight is 398 g/mol. The SMILES string of the molecule is Cc1ccc(SCCC(=O)NCc2ccc(CN3CCN(C)CC3)cc2)cc1. The highest BCUT2D eigenvalue weighted by Gasteiger charge is 2.13. The molecule has 0 aromatic heterocycles.